The zero-order chi connectivity index (χ0) is 14.0. The molecule has 0 aromatic heterocycles. The first-order valence-electron chi connectivity index (χ1n) is 6.30. The van der Waals surface area contributed by atoms with E-state index in [2.05, 4.69) is 6.92 Å². The molecule has 1 aromatic rings. The number of carbonyl (C=O) groups is 1. The van der Waals surface area contributed by atoms with Gasteiger partial charge >= 0.3 is 11.7 Å². The van der Waals surface area contributed by atoms with Crippen molar-refractivity contribution in [3.8, 4) is 0 Å². The molecular formula is C13H16N2O4. The molecule has 0 amide bonds. The maximum Gasteiger partial charge on any atom is 0.342 e. The lowest BCUT2D eigenvalue weighted by Gasteiger charge is -2.19. The van der Waals surface area contributed by atoms with Gasteiger partial charge < -0.3 is 10.0 Å². The zero-order valence-corrected chi connectivity index (χ0v) is 10.7. The minimum Gasteiger partial charge on any atom is -0.477 e. The molecule has 0 bridgehead atoms. The van der Waals surface area contributed by atoms with Crippen LogP contribution in [0.15, 0.2) is 18.2 Å². The van der Waals surface area contributed by atoms with Gasteiger partial charge in [0.25, 0.3) is 0 Å². The van der Waals surface area contributed by atoms with Gasteiger partial charge in [0.1, 0.15) is 11.3 Å². The summed E-state index contributed by atoms with van der Waals surface area (Å²) in [6.07, 6.45) is 2.02. The van der Waals surface area contributed by atoms with E-state index in [9.17, 15) is 14.9 Å². The van der Waals surface area contributed by atoms with Crippen LogP contribution in [0.25, 0.3) is 0 Å². The van der Waals surface area contributed by atoms with Gasteiger partial charge in [0.15, 0.2) is 0 Å². The van der Waals surface area contributed by atoms with Crippen molar-refractivity contribution in [2.24, 2.45) is 5.92 Å². The molecular weight excluding hydrogens is 248 g/mol. The molecule has 6 nitrogen and oxygen atoms in total. The van der Waals surface area contributed by atoms with Crippen LogP contribution < -0.4 is 4.90 Å². The molecule has 1 unspecified atom stereocenters. The average molecular weight is 264 g/mol. The number of para-hydroxylation sites is 1. The highest BCUT2D eigenvalue weighted by Gasteiger charge is 2.30. The second-order valence-electron chi connectivity index (χ2n) is 4.74. The third kappa shape index (κ3) is 2.52. The van der Waals surface area contributed by atoms with Crippen LogP contribution in [0.2, 0.25) is 0 Å². The Bertz CT molecular complexity index is 515. The lowest BCUT2D eigenvalue weighted by molar-refractivity contribution is -0.384. The highest BCUT2D eigenvalue weighted by Crippen LogP contribution is 2.35. The van der Waals surface area contributed by atoms with Crippen molar-refractivity contribution in [3.63, 3.8) is 0 Å². The number of anilines is 1. The summed E-state index contributed by atoms with van der Waals surface area (Å²) in [4.78, 5) is 23.6. The van der Waals surface area contributed by atoms with Gasteiger partial charge in [-0.3, -0.25) is 10.1 Å². The van der Waals surface area contributed by atoms with Gasteiger partial charge in [-0.1, -0.05) is 19.4 Å². The van der Waals surface area contributed by atoms with Crippen LogP contribution in [-0.4, -0.2) is 29.1 Å². The van der Waals surface area contributed by atoms with Crippen LogP contribution in [-0.2, 0) is 0 Å². The first-order chi connectivity index (χ1) is 9.04. The first kappa shape index (κ1) is 13.3. The van der Waals surface area contributed by atoms with E-state index in [4.69, 9.17) is 5.11 Å². The van der Waals surface area contributed by atoms with Gasteiger partial charge in [-0.05, 0) is 24.5 Å². The highest BCUT2D eigenvalue weighted by atomic mass is 16.6. The fourth-order valence-electron chi connectivity index (χ4n) is 2.54. The number of hydrogen-bond donors (Lipinski definition) is 1. The van der Waals surface area contributed by atoms with E-state index in [0.29, 0.717) is 11.6 Å². The van der Waals surface area contributed by atoms with Crippen molar-refractivity contribution in [1.82, 2.24) is 0 Å². The Kier molecular flexibility index (Phi) is 3.69. The number of benzene rings is 1. The molecule has 1 atom stereocenters. The van der Waals surface area contributed by atoms with E-state index < -0.39 is 10.9 Å². The van der Waals surface area contributed by atoms with Crippen molar-refractivity contribution in [1.29, 1.82) is 0 Å². The number of carboxylic acids is 1. The highest BCUT2D eigenvalue weighted by molar-refractivity contribution is 5.95. The number of nitro benzene ring substituents is 1. The van der Waals surface area contributed by atoms with Crippen molar-refractivity contribution >= 4 is 17.3 Å². The molecule has 0 aliphatic carbocycles. The molecule has 1 aliphatic rings. The number of hydrogen-bond acceptors (Lipinski definition) is 4. The van der Waals surface area contributed by atoms with Crippen molar-refractivity contribution in [3.05, 3.63) is 33.9 Å². The van der Waals surface area contributed by atoms with Crippen molar-refractivity contribution in [2.45, 2.75) is 19.8 Å². The summed E-state index contributed by atoms with van der Waals surface area (Å²) in [5.41, 5.74) is -0.130. The van der Waals surface area contributed by atoms with Gasteiger partial charge in [-0.25, -0.2) is 4.79 Å². The average Bonchev–Trinajstić information content (AvgIpc) is 2.86. The minimum absolute atomic E-state index is 0.248. The van der Waals surface area contributed by atoms with E-state index in [1.807, 2.05) is 4.90 Å². The molecule has 1 N–H and O–H groups in total. The standard InChI is InChI=1S/C13H16N2O4/c1-2-9-6-7-14(8-9)11-5-3-4-10(13(16)17)12(11)15(18)19/h3-5,9H,2,6-8H2,1H3,(H,16,17). The predicted molar refractivity (Wildman–Crippen MR) is 70.7 cm³/mol. The first-order valence-corrected chi connectivity index (χ1v) is 6.30. The molecule has 1 aliphatic heterocycles. The van der Waals surface area contributed by atoms with Gasteiger partial charge in [0.05, 0.1) is 4.92 Å². The summed E-state index contributed by atoms with van der Waals surface area (Å²) in [6, 6.07) is 4.46. The number of carboxylic acid groups (broad SMARTS) is 1. The maximum atomic E-state index is 11.2. The second kappa shape index (κ2) is 5.26. The predicted octanol–water partition coefficient (Wildman–Crippen LogP) is 2.53. The summed E-state index contributed by atoms with van der Waals surface area (Å²) in [7, 11) is 0. The lowest BCUT2D eigenvalue weighted by Crippen LogP contribution is -2.21. The van der Waals surface area contributed by atoms with E-state index in [1.165, 1.54) is 6.07 Å². The lowest BCUT2D eigenvalue weighted by atomic mass is 10.1. The number of aromatic carboxylic acids is 1. The SMILES string of the molecule is CCC1CCN(c2cccc(C(=O)O)c2[N+](=O)[O-])C1. The molecule has 1 heterocycles. The van der Waals surface area contributed by atoms with E-state index in [-0.39, 0.29) is 11.3 Å². The second-order valence-corrected chi connectivity index (χ2v) is 4.74. The largest absolute Gasteiger partial charge is 0.477 e. The van der Waals surface area contributed by atoms with Crippen LogP contribution >= 0.6 is 0 Å². The Balaban J connectivity index is 2.43. The van der Waals surface area contributed by atoms with Crippen LogP contribution in [0.5, 0.6) is 0 Å². The zero-order valence-electron chi connectivity index (χ0n) is 10.7. The van der Waals surface area contributed by atoms with E-state index >= 15 is 0 Å². The molecule has 0 radical (unpaired) electrons. The molecule has 19 heavy (non-hydrogen) atoms. The maximum absolute atomic E-state index is 11.2. The molecule has 6 heteroatoms. The van der Waals surface area contributed by atoms with Crippen LogP contribution in [0, 0.1) is 16.0 Å². The van der Waals surface area contributed by atoms with Gasteiger partial charge in [-0.2, -0.15) is 0 Å². The molecule has 0 saturated carbocycles. The third-order valence-electron chi connectivity index (χ3n) is 3.63. The van der Waals surface area contributed by atoms with Gasteiger partial charge in [0, 0.05) is 13.1 Å². The summed E-state index contributed by atoms with van der Waals surface area (Å²) in [5.74, 6) is -0.743. The number of rotatable bonds is 4. The third-order valence-corrected chi connectivity index (χ3v) is 3.63. The summed E-state index contributed by atoms with van der Waals surface area (Å²) < 4.78 is 0. The number of nitrogens with zero attached hydrogens (tertiary/aromatic N) is 2. The molecule has 1 fully saturated rings. The Morgan fingerprint density at radius 3 is 2.84 bits per heavy atom. The fraction of sp³-hybridized carbons (Fsp3) is 0.462. The van der Waals surface area contributed by atoms with Crippen LogP contribution in [0.1, 0.15) is 30.1 Å². The Hall–Kier alpha value is -2.11. The summed E-state index contributed by atoms with van der Waals surface area (Å²) in [6.45, 7) is 3.58. The fourth-order valence-corrected chi connectivity index (χ4v) is 2.54. The summed E-state index contributed by atoms with van der Waals surface area (Å²) >= 11 is 0. The topological polar surface area (TPSA) is 83.7 Å². The van der Waals surface area contributed by atoms with Crippen molar-refractivity contribution in [2.75, 3.05) is 18.0 Å². The Labute approximate surface area is 110 Å². The molecule has 1 aromatic carbocycles. The normalized spacial score (nSPS) is 18.6. The summed E-state index contributed by atoms with van der Waals surface area (Å²) in [5, 5.41) is 20.2. The monoisotopic (exact) mass is 264 g/mol. The molecule has 1 saturated heterocycles. The van der Waals surface area contributed by atoms with Gasteiger partial charge in [-0.15, -0.1) is 0 Å². The van der Waals surface area contributed by atoms with E-state index in [0.717, 1.165) is 25.9 Å². The van der Waals surface area contributed by atoms with Gasteiger partial charge in [0.2, 0.25) is 0 Å². The quantitative estimate of drug-likeness (QED) is 0.667. The van der Waals surface area contributed by atoms with Crippen LogP contribution in [0.3, 0.4) is 0 Å². The van der Waals surface area contributed by atoms with Crippen LogP contribution in [0.4, 0.5) is 11.4 Å². The van der Waals surface area contributed by atoms with E-state index in [1.54, 1.807) is 12.1 Å². The molecule has 0 spiro atoms. The smallest absolute Gasteiger partial charge is 0.342 e. The Morgan fingerprint density at radius 2 is 2.32 bits per heavy atom. The number of nitro groups is 1. The Morgan fingerprint density at radius 1 is 1.58 bits per heavy atom. The molecule has 102 valence electrons. The minimum atomic E-state index is -1.26. The van der Waals surface area contributed by atoms with Crippen molar-refractivity contribution < 1.29 is 14.8 Å². The molecule has 2 rings (SSSR count).